The molecule has 19 heavy (non-hydrogen) atoms. The van der Waals surface area contributed by atoms with Crippen molar-refractivity contribution in [2.24, 2.45) is 16.6 Å². The fourth-order valence-electron chi connectivity index (χ4n) is 2.60. The molecule has 5 N–H and O–H groups in total. The lowest BCUT2D eigenvalue weighted by Crippen LogP contribution is -2.44. The average Bonchev–Trinajstić information content (AvgIpc) is 2.43. The van der Waals surface area contributed by atoms with E-state index < -0.39 is 0 Å². The second kappa shape index (κ2) is 6.54. The molecule has 0 amide bonds. The van der Waals surface area contributed by atoms with Crippen LogP contribution >= 0.6 is 0 Å². The predicted molar refractivity (Wildman–Crippen MR) is 78.3 cm³/mol. The van der Waals surface area contributed by atoms with E-state index in [2.05, 4.69) is 52.6 Å². The molecule has 1 heterocycles. The van der Waals surface area contributed by atoms with Gasteiger partial charge in [0.1, 0.15) is 0 Å². The van der Waals surface area contributed by atoms with Crippen molar-refractivity contribution in [2.45, 2.75) is 38.4 Å². The molecule has 5 heteroatoms. The van der Waals surface area contributed by atoms with Gasteiger partial charge in [0, 0.05) is 19.1 Å². The first-order valence-corrected chi connectivity index (χ1v) is 6.77. The number of hydrogen-bond donors (Lipinski definition) is 3. The number of hydrazine groups is 1. The van der Waals surface area contributed by atoms with E-state index in [9.17, 15) is 0 Å². The third-order valence-electron chi connectivity index (χ3n) is 3.68. The third kappa shape index (κ3) is 3.94. The van der Waals surface area contributed by atoms with Crippen LogP contribution in [0.3, 0.4) is 0 Å². The summed E-state index contributed by atoms with van der Waals surface area (Å²) in [6.45, 7) is 4.29. The number of piperidine rings is 1. The number of benzene rings is 1. The summed E-state index contributed by atoms with van der Waals surface area (Å²) in [5, 5.41) is 0. The van der Waals surface area contributed by atoms with Crippen molar-refractivity contribution in [3.05, 3.63) is 35.9 Å². The normalized spacial score (nSPS) is 25.3. The first-order valence-electron chi connectivity index (χ1n) is 6.77. The van der Waals surface area contributed by atoms with Crippen LogP contribution in [0.5, 0.6) is 0 Å². The van der Waals surface area contributed by atoms with E-state index in [1.165, 1.54) is 5.56 Å². The van der Waals surface area contributed by atoms with E-state index in [1.54, 1.807) is 0 Å². The van der Waals surface area contributed by atoms with E-state index in [4.69, 9.17) is 11.6 Å². The van der Waals surface area contributed by atoms with E-state index >= 15 is 0 Å². The first-order chi connectivity index (χ1) is 9.19. The zero-order valence-electron chi connectivity index (χ0n) is 11.4. The van der Waals surface area contributed by atoms with E-state index in [0.717, 1.165) is 25.9 Å². The minimum atomic E-state index is 0.276. The van der Waals surface area contributed by atoms with Gasteiger partial charge in [0.05, 0.1) is 6.04 Å². The van der Waals surface area contributed by atoms with Gasteiger partial charge in [-0.05, 0) is 25.3 Å². The number of aliphatic imine (C=N–C) groups is 1. The van der Waals surface area contributed by atoms with Crippen molar-refractivity contribution in [3.8, 4) is 0 Å². The Labute approximate surface area is 114 Å². The van der Waals surface area contributed by atoms with Crippen molar-refractivity contribution in [1.29, 1.82) is 0 Å². The summed E-state index contributed by atoms with van der Waals surface area (Å²) < 4.78 is 0. The molecule has 0 aliphatic carbocycles. The number of nitrogens with one attached hydrogen (secondary N) is 1. The molecule has 1 saturated heterocycles. The van der Waals surface area contributed by atoms with Crippen LogP contribution in [-0.4, -0.2) is 29.5 Å². The number of nitrogens with zero attached hydrogens (tertiary/aromatic N) is 2. The van der Waals surface area contributed by atoms with Crippen molar-refractivity contribution < 1.29 is 0 Å². The zero-order chi connectivity index (χ0) is 13.7. The second-order valence-electron chi connectivity index (χ2n) is 5.14. The minimum absolute atomic E-state index is 0.276. The first kappa shape index (κ1) is 13.8. The lowest BCUT2D eigenvalue weighted by Gasteiger charge is -2.36. The summed E-state index contributed by atoms with van der Waals surface area (Å²) in [5.41, 5.74) is 9.36. The summed E-state index contributed by atoms with van der Waals surface area (Å²) in [4.78, 5) is 6.87. The van der Waals surface area contributed by atoms with Crippen LogP contribution in [0.4, 0.5) is 0 Å². The van der Waals surface area contributed by atoms with Gasteiger partial charge in [0.25, 0.3) is 0 Å². The maximum atomic E-state index is 5.61. The number of hydrogen-bond acceptors (Lipinski definition) is 3. The van der Waals surface area contributed by atoms with Gasteiger partial charge in [-0.2, -0.15) is 0 Å². The molecule has 0 bridgehead atoms. The molecular weight excluding hydrogens is 238 g/mol. The molecule has 0 aromatic heterocycles. The standard InChI is InChI=1S/C14H23N5/c1-11-9-13(17-14(15)18-16)7-8-19(11)10-12-5-3-2-4-6-12/h2-6,11,13H,7-10,16H2,1H3,(H3,15,17,18). The molecule has 0 spiro atoms. The largest absolute Gasteiger partial charge is 0.369 e. The van der Waals surface area contributed by atoms with Gasteiger partial charge in [-0.15, -0.1) is 0 Å². The summed E-state index contributed by atoms with van der Waals surface area (Å²) in [7, 11) is 0. The third-order valence-corrected chi connectivity index (χ3v) is 3.68. The van der Waals surface area contributed by atoms with Gasteiger partial charge in [-0.1, -0.05) is 30.3 Å². The molecule has 1 aliphatic rings. The van der Waals surface area contributed by atoms with Gasteiger partial charge >= 0.3 is 0 Å². The highest BCUT2D eigenvalue weighted by Crippen LogP contribution is 2.21. The average molecular weight is 261 g/mol. The summed E-state index contributed by atoms with van der Waals surface area (Å²) >= 11 is 0. The lowest BCUT2D eigenvalue weighted by atomic mass is 9.98. The topological polar surface area (TPSA) is 79.7 Å². The van der Waals surface area contributed by atoms with Crippen molar-refractivity contribution in [3.63, 3.8) is 0 Å². The molecule has 1 aromatic carbocycles. The van der Waals surface area contributed by atoms with Crippen LogP contribution in [0.15, 0.2) is 35.3 Å². The van der Waals surface area contributed by atoms with Crippen LogP contribution in [0.25, 0.3) is 0 Å². The molecule has 104 valence electrons. The second-order valence-corrected chi connectivity index (χ2v) is 5.14. The Morgan fingerprint density at radius 2 is 2.16 bits per heavy atom. The summed E-state index contributed by atoms with van der Waals surface area (Å²) in [5.74, 6) is 5.56. The molecule has 2 atom stereocenters. The smallest absolute Gasteiger partial charge is 0.203 e. The van der Waals surface area contributed by atoms with Gasteiger partial charge in [0.2, 0.25) is 5.96 Å². The number of likely N-dealkylation sites (tertiary alicyclic amines) is 1. The van der Waals surface area contributed by atoms with E-state index in [1.807, 2.05) is 0 Å². The highest BCUT2D eigenvalue weighted by molar-refractivity contribution is 5.77. The maximum absolute atomic E-state index is 5.61. The van der Waals surface area contributed by atoms with Crippen LogP contribution < -0.4 is 17.0 Å². The van der Waals surface area contributed by atoms with Crippen LogP contribution in [0, 0.1) is 0 Å². The highest BCUT2D eigenvalue weighted by Gasteiger charge is 2.25. The van der Waals surface area contributed by atoms with Gasteiger partial charge < -0.3 is 5.73 Å². The summed E-state index contributed by atoms with van der Waals surface area (Å²) in [6, 6.07) is 11.4. The Kier molecular flexibility index (Phi) is 4.76. The molecule has 0 radical (unpaired) electrons. The Bertz CT molecular complexity index is 417. The van der Waals surface area contributed by atoms with Crippen LogP contribution in [0.2, 0.25) is 0 Å². The number of guanidine groups is 1. The molecule has 1 fully saturated rings. The summed E-state index contributed by atoms with van der Waals surface area (Å²) in [6.07, 6.45) is 2.05. The van der Waals surface area contributed by atoms with E-state index in [-0.39, 0.29) is 6.04 Å². The molecule has 5 nitrogen and oxygen atoms in total. The molecule has 0 saturated carbocycles. The number of rotatable bonds is 3. The van der Waals surface area contributed by atoms with Gasteiger partial charge in [0.15, 0.2) is 0 Å². The quantitative estimate of drug-likeness (QED) is 0.326. The molecule has 1 aromatic rings. The fourth-order valence-corrected chi connectivity index (χ4v) is 2.60. The van der Waals surface area contributed by atoms with Gasteiger partial charge in [-0.25, -0.2) is 10.8 Å². The monoisotopic (exact) mass is 261 g/mol. The highest BCUT2D eigenvalue weighted by atomic mass is 15.3. The van der Waals surface area contributed by atoms with E-state index in [0.29, 0.717) is 12.0 Å². The van der Waals surface area contributed by atoms with Crippen LogP contribution in [-0.2, 0) is 6.54 Å². The minimum Gasteiger partial charge on any atom is -0.369 e. The zero-order valence-corrected chi connectivity index (χ0v) is 11.4. The Morgan fingerprint density at radius 1 is 1.42 bits per heavy atom. The molecular formula is C14H23N5. The Hall–Kier alpha value is -1.59. The molecule has 2 rings (SSSR count). The Morgan fingerprint density at radius 3 is 2.79 bits per heavy atom. The Balaban J connectivity index is 1.90. The molecule has 2 unspecified atom stereocenters. The van der Waals surface area contributed by atoms with Crippen molar-refractivity contribution >= 4 is 5.96 Å². The van der Waals surface area contributed by atoms with Crippen molar-refractivity contribution in [1.82, 2.24) is 10.3 Å². The lowest BCUT2D eigenvalue weighted by molar-refractivity contribution is 0.140. The maximum Gasteiger partial charge on any atom is 0.203 e. The van der Waals surface area contributed by atoms with Crippen LogP contribution in [0.1, 0.15) is 25.3 Å². The van der Waals surface area contributed by atoms with Crippen molar-refractivity contribution in [2.75, 3.05) is 6.54 Å². The molecule has 1 aliphatic heterocycles. The number of nitrogens with two attached hydrogens (primary N) is 2. The van der Waals surface area contributed by atoms with Gasteiger partial charge in [-0.3, -0.25) is 10.3 Å². The predicted octanol–water partition coefficient (Wildman–Crippen LogP) is 0.818. The fraction of sp³-hybridized carbons (Fsp3) is 0.500. The SMILES string of the molecule is CC1CC(N=C(N)NN)CCN1Cc1ccccc1.